The van der Waals surface area contributed by atoms with Crippen molar-refractivity contribution in [3.8, 4) is 0 Å². The first-order valence-electron chi connectivity index (χ1n) is 3.59. The Morgan fingerprint density at radius 1 is 1.64 bits per heavy atom. The molecular formula is C8H14N2O. The minimum absolute atomic E-state index is 0.558. The van der Waals surface area contributed by atoms with Gasteiger partial charge in [-0.1, -0.05) is 6.08 Å². The molecule has 3 heteroatoms. The van der Waals surface area contributed by atoms with Crippen molar-refractivity contribution in [3.63, 3.8) is 0 Å². The second-order valence-electron chi connectivity index (χ2n) is 3.01. The van der Waals surface area contributed by atoms with Crippen LogP contribution in [0.4, 0.5) is 0 Å². The zero-order valence-electron chi connectivity index (χ0n) is 6.91. The predicted molar refractivity (Wildman–Crippen MR) is 44.7 cm³/mol. The van der Waals surface area contributed by atoms with Crippen LogP contribution in [0.2, 0.25) is 0 Å². The van der Waals surface area contributed by atoms with Crippen molar-refractivity contribution in [3.05, 3.63) is 23.9 Å². The summed E-state index contributed by atoms with van der Waals surface area (Å²) < 4.78 is 0. The van der Waals surface area contributed by atoms with E-state index in [4.69, 9.17) is 5.73 Å². The van der Waals surface area contributed by atoms with Gasteiger partial charge in [0.1, 0.15) is 5.72 Å². The lowest BCUT2D eigenvalue weighted by Gasteiger charge is -2.32. The topological polar surface area (TPSA) is 49.5 Å². The van der Waals surface area contributed by atoms with Crippen LogP contribution in [0.1, 0.15) is 6.42 Å². The van der Waals surface area contributed by atoms with E-state index in [2.05, 4.69) is 0 Å². The maximum Gasteiger partial charge on any atom is 0.141 e. The molecule has 0 aromatic carbocycles. The smallest absolute Gasteiger partial charge is 0.141 e. The third-order valence-electron chi connectivity index (χ3n) is 1.96. The van der Waals surface area contributed by atoms with Gasteiger partial charge in [0.05, 0.1) is 0 Å². The zero-order valence-corrected chi connectivity index (χ0v) is 6.91. The second-order valence-corrected chi connectivity index (χ2v) is 3.01. The maximum absolute atomic E-state index is 9.81. The number of hydrogen-bond acceptors (Lipinski definition) is 3. The van der Waals surface area contributed by atoms with Crippen molar-refractivity contribution < 1.29 is 5.11 Å². The molecule has 1 aliphatic rings. The van der Waals surface area contributed by atoms with E-state index < -0.39 is 5.72 Å². The van der Waals surface area contributed by atoms with E-state index >= 15 is 0 Å². The lowest BCUT2D eigenvalue weighted by molar-refractivity contribution is -0.0360. The van der Waals surface area contributed by atoms with Crippen LogP contribution in [0.5, 0.6) is 0 Å². The second kappa shape index (κ2) is 2.68. The van der Waals surface area contributed by atoms with Crippen LogP contribution in [0.25, 0.3) is 0 Å². The number of likely N-dealkylation sites (N-methyl/N-ethyl adjacent to an activating group) is 1. The van der Waals surface area contributed by atoms with Crippen molar-refractivity contribution in [2.24, 2.45) is 5.73 Å². The van der Waals surface area contributed by atoms with Gasteiger partial charge in [0.15, 0.2) is 0 Å². The summed E-state index contributed by atoms with van der Waals surface area (Å²) in [5.41, 5.74) is 5.38. The molecule has 11 heavy (non-hydrogen) atoms. The molecule has 0 fully saturated rings. The minimum Gasteiger partial charge on any atom is -0.399 e. The molecule has 0 aromatic heterocycles. The average Bonchev–Trinajstić information content (AvgIpc) is 1.95. The standard InChI is InChI=1S/C8H14N2O/c1-10(2)8(11)5-3-7(9)4-6-8/h3-5,11H,6,9H2,1-2H3. The average molecular weight is 154 g/mol. The first-order valence-corrected chi connectivity index (χ1v) is 3.59. The van der Waals surface area contributed by atoms with Crippen LogP contribution < -0.4 is 5.73 Å². The number of nitrogens with zero attached hydrogens (tertiary/aromatic N) is 1. The summed E-state index contributed by atoms with van der Waals surface area (Å²) in [6.07, 6.45) is 5.81. The third-order valence-corrected chi connectivity index (χ3v) is 1.96. The van der Waals surface area contributed by atoms with Crippen molar-refractivity contribution in [1.29, 1.82) is 0 Å². The van der Waals surface area contributed by atoms with Crippen LogP contribution in [0.15, 0.2) is 23.9 Å². The van der Waals surface area contributed by atoms with Gasteiger partial charge in [-0.05, 0) is 26.2 Å². The molecule has 0 aliphatic heterocycles. The molecule has 3 N–H and O–H groups in total. The van der Waals surface area contributed by atoms with Gasteiger partial charge in [0, 0.05) is 12.1 Å². The van der Waals surface area contributed by atoms with Crippen molar-refractivity contribution >= 4 is 0 Å². The molecule has 0 saturated carbocycles. The van der Waals surface area contributed by atoms with Crippen LogP contribution in [-0.2, 0) is 0 Å². The number of aliphatic hydroxyl groups is 1. The number of rotatable bonds is 1. The quantitative estimate of drug-likeness (QED) is 0.524. The van der Waals surface area contributed by atoms with Crippen molar-refractivity contribution in [2.75, 3.05) is 14.1 Å². The van der Waals surface area contributed by atoms with Crippen LogP contribution in [0, 0.1) is 0 Å². The van der Waals surface area contributed by atoms with Gasteiger partial charge in [-0.2, -0.15) is 0 Å². The van der Waals surface area contributed by atoms with Crippen LogP contribution in [-0.4, -0.2) is 29.8 Å². The molecule has 0 amide bonds. The Kier molecular flexibility index (Phi) is 2.02. The van der Waals surface area contributed by atoms with E-state index in [1.54, 1.807) is 17.1 Å². The molecule has 0 aromatic rings. The molecule has 0 bridgehead atoms. The highest BCUT2D eigenvalue weighted by Crippen LogP contribution is 2.20. The maximum atomic E-state index is 9.81. The SMILES string of the molecule is CN(C)C1(O)C=CC(N)=CC1. The fourth-order valence-corrected chi connectivity index (χ4v) is 0.965. The van der Waals surface area contributed by atoms with E-state index in [0.717, 1.165) is 5.70 Å². The van der Waals surface area contributed by atoms with Crippen LogP contribution >= 0.6 is 0 Å². The lowest BCUT2D eigenvalue weighted by Crippen LogP contribution is -2.42. The van der Waals surface area contributed by atoms with Gasteiger partial charge < -0.3 is 10.8 Å². The molecule has 1 unspecified atom stereocenters. The molecule has 62 valence electrons. The number of hydrogen-bond donors (Lipinski definition) is 2. The zero-order chi connectivity index (χ0) is 8.48. The van der Waals surface area contributed by atoms with E-state index in [-0.39, 0.29) is 0 Å². The third kappa shape index (κ3) is 1.61. The minimum atomic E-state index is -0.844. The molecule has 1 aliphatic carbocycles. The number of allylic oxidation sites excluding steroid dienone is 1. The van der Waals surface area contributed by atoms with Crippen molar-refractivity contribution in [1.82, 2.24) is 4.90 Å². The molecular weight excluding hydrogens is 140 g/mol. The summed E-state index contributed by atoms with van der Waals surface area (Å²) in [6, 6.07) is 0. The molecule has 1 rings (SSSR count). The predicted octanol–water partition coefficient (Wildman–Crippen LogP) is 0.0391. The van der Waals surface area contributed by atoms with E-state index in [9.17, 15) is 5.11 Å². The highest BCUT2D eigenvalue weighted by molar-refractivity contribution is 5.24. The molecule has 0 heterocycles. The Hall–Kier alpha value is -0.800. The first kappa shape index (κ1) is 8.30. The van der Waals surface area contributed by atoms with Gasteiger partial charge in [-0.15, -0.1) is 0 Å². The summed E-state index contributed by atoms with van der Waals surface area (Å²) in [6.45, 7) is 0. The Bertz CT molecular complexity index is 208. The number of nitrogens with two attached hydrogens (primary N) is 1. The molecule has 0 radical (unpaired) electrons. The lowest BCUT2D eigenvalue weighted by atomic mass is 10.0. The Balaban J connectivity index is 2.74. The van der Waals surface area contributed by atoms with Gasteiger partial charge >= 0.3 is 0 Å². The largest absolute Gasteiger partial charge is 0.399 e. The molecule has 0 spiro atoms. The highest BCUT2D eigenvalue weighted by atomic mass is 16.3. The molecule has 0 saturated heterocycles. The van der Waals surface area contributed by atoms with Gasteiger partial charge in [-0.25, -0.2) is 0 Å². The Morgan fingerprint density at radius 3 is 2.64 bits per heavy atom. The van der Waals surface area contributed by atoms with E-state index in [1.165, 1.54) is 0 Å². The van der Waals surface area contributed by atoms with Crippen LogP contribution in [0.3, 0.4) is 0 Å². The summed E-state index contributed by atoms with van der Waals surface area (Å²) in [7, 11) is 3.67. The normalized spacial score (nSPS) is 30.7. The van der Waals surface area contributed by atoms with Crippen molar-refractivity contribution in [2.45, 2.75) is 12.1 Å². The van der Waals surface area contributed by atoms with Gasteiger partial charge in [0.25, 0.3) is 0 Å². The molecule has 3 nitrogen and oxygen atoms in total. The fourth-order valence-electron chi connectivity index (χ4n) is 0.965. The monoisotopic (exact) mass is 154 g/mol. The Morgan fingerprint density at radius 2 is 2.27 bits per heavy atom. The summed E-state index contributed by atoms with van der Waals surface area (Å²) in [4.78, 5) is 1.76. The first-order chi connectivity index (χ1) is 5.04. The summed E-state index contributed by atoms with van der Waals surface area (Å²) >= 11 is 0. The van der Waals surface area contributed by atoms with E-state index in [0.29, 0.717) is 6.42 Å². The summed E-state index contributed by atoms with van der Waals surface area (Å²) in [5, 5.41) is 9.81. The fraction of sp³-hybridized carbons (Fsp3) is 0.500. The molecule has 1 atom stereocenters. The Labute approximate surface area is 66.8 Å². The van der Waals surface area contributed by atoms with E-state index in [1.807, 2.05) is 20.2 Å². The van der Waals surface area contributed by atoms with Gasteiger partial charge in [0.2, 0.25) is 0 Å². The summed E-state index contributed by atoms with van der Waals surface area (Å²) in [5.74, 6) is 0. The van der Waals surface area contributed by atoms with Gasteiger partial charge in [-0.3, -0.25) is 4.90 Å². The highest BCUT2D eigenvalue weighted by Gasteiger charge is 2.26.